The SMILES string of the molecule is SC1=NC=C2Sc3ccccc3N=C2[N]1. The minimum atomic E-state index is 0.456. The summed E-state index contributed by atoms with van der Waals surface area (Å²) in [6.07, 6.45) is 1.76. The van der Waals surface area contributed by atoms with Gasteiger partial charge in [0.25, 0.3) is 0 Å². The first kappa shape index (κ1) is 9.06. The summed E-state index contributed by atoms with van der Waals surface area (Å²) < 4.78 is 0. The Morgan fingerprint density at radius 2 is 2.07 bits per heavy atom. The number of fused-ring (bicyclic) bond motifs is 2. The molecule has 1 aromatic rings. The number of thioether (sulfide) groups is 1. The Morgan fingerprint density at radius 3 is 3.00 bits per heavy atom. The van der Waals surface area contributed by atoms with Crippen LogP contribution in [0.3, 0.4) is 0 Å². The zero-order valence-corrected chi connectivity index (χ0v) is 9.29. The molecule has 0 unspecified atom stereocenters. The molecule has 0 atom stereocenters. The Hall–Kier alpha value is -1.20. The summed E-state index contributed by atoms with van der Waals surface area (Å²) in [4.78, 5) is 10.6. The predicted molar refractivity (Wildman–Crippen MR) is 66.0 cm³/mol. The van der Waals surface area contributed by atoms with Gasteiger partial charge in [-0.25, -0.2) is 15.3 Å². The van der Waals surface area contributed by atoms with Crippen LogP contribution in [-0.4, -0.2) is 11.0 Å². The second kappa shape index (κ2) is 3.43. The number of rotatable bonds is 0. The molecule has 2 aliphatic heterocycles. The number of hydrogen-bond donors (Lipinski definition) is 1. The highest BCUT2D eigenvalue weighted by atomic mass is 32.2. The van der Waals surface area contributed by atoms with Crippen LogP contribution >= 0.6 is 24.4 Å². The minimum absolute atomic E-state index is 0.456. The molecule has 1 radical (unpaired) electrons. The first-order valence-corrected chi connectivity index (χ1v) is 5.64. The number of amidine groups is 2. The Morgan fingerprint density at radius 1 is 1.20 bits per heavy atom. The van der Waals surface area contributed by atoms with Crippen LogP contribution in [0, 0.1) is 0 Å². The Bertz CT molecular complexity index is 517. The second-order valence-corrected chi connectivity index (χ2v) is 4.52. The zero-order valence-electron chi connectivity index (χ0n) is 7.58. The van der Waals surface area contributed by atoms with Gasteiger partial charge in [0.2, 0.25) is 0 Å². The van der Waals surface area contributed by atoms with Crippen molar-refractivity contribution in [1.82, 2.24) is 5.32 Å². The molecule has 5 heteroatoms. The van der Waals surface area contributed by atoms with Crippen molar-refractivity contribution < 1.29 is 0 Å². The molecule has 1 aromatic carbocycles. The van der Waals surface area contributed by atoms with E-state index in [2.05, 4.69) is 27.9 Å². The smallest absolute Gasteiger partial charge is 0.186 e. The van der Waals surface area contributed by atoms with Gasteiger partial charge in [0.15, 0.2) is 11.0 Å². The van der Waals surface area contributed by atoms with E-state index in [4.69, 9.17) is 0 Å². The molecule has 2 aliphatic rings. The Balaban J connectivity index is 2.11. The van der Waals surface area contributed by atoms with Gasteiger partial charge >= 0.3 is 0 Å². The maximum atomic E-state index is 4.45. The molecule has 0 fully saturated rings. The lowest BCUT2D eigenvalue weighted by atomic mass is 10.3. The van der Waals surface area contributed by atoms with Gasteiger partial charge in [-0.1, -0.05) is 23.9 Å². The lowest BCUT2D eigenvalue weighted by molar-refractivity contribution is 1.25. The van der Waals surface area contributed by atoms with Crippen LogP contribution in [0.15, 0.2) is 50.3 Å². The van der Waals surface area contributed by atoms with E-state index in [0.29, 0.717) is 11.0 Å². The summed E-state index contributed by atoms with van der Waals surface area (Å²) in [6.45, 7) is 0. The lowest BCUT2D eigenvalue weighted by Crippen LogP contribution is -2.24. The fourth-order valence-corrected chi connectivity index (χ4v) is 2.42. The van der Waals surface area contributed by atoms with Crippen LogP contribution in [0.4, 0.5) is 5.69 Å². The molecule has 2 heterocycles. The van der Waals surface area contributed by atoms with Gasteiger partial charge in [-0.05, 0) is 12.1 Å². The summed E-state index contributed by atoms with van der Waals surface area (Å²) in [5, 5.41) is 4.63. The van der Waals surface area contributed by atoms with E-state index >= 15 is 0 Å². The number of thiol groups is 1. The normalized spacial score (nSPS) is 17.8. The van der Waals surface area contributed by atoms with Crippen molar-refractivity contribution in [2.45, 2.75) is 4.90 Å². The van der Waals surface area contributed by atoms with Crippen molar-refractivity contribution >= 4 is 41.1 Å². The van der Waals surface area contributed by atoms with Gasteiger partial charge in [0.1, 0.15) is 0 Å². The number of nitrogens with zero attached hydrogens (tertiary/aromatic N) is 3. The van der Waals surface area contributed by atoms with Gasteiger partial charge in [0, 0.05) is 11.1 Å². The molecule has 73 valence electrons. The molecule has 0 amide bonds. The molecule has 0 saturated carbocycles. The third-order valence-electron chi connectivity index (χ3n) is 2.04. The van der Waals surface area contributed by atoms with Crippen molar-refractivity contribution in [3.05, 3.63) is 35.4 Å². The lowest BCUT2D eigenvalue weighted by Gasteiger charge is -2.18. The van der Waals surface area contributed by atoms with E-state index in [9.17, 15) is 0 Å². The second-order valence-electron chi connectivity index (χ2n) is 3.04. The van der Waals surface area contributed by atoms with Gasteiger partial charge in [0.05, 0.1) is 10.6 Å². The molecular formula is C10H6N3S2. The average Bonchev–Trinajstić information content (AvgIpc) is 2.26. The number of aliphatic imine (C=N–C) groups is 2. The fourth-order valence-electron chi connectivity index (χ4n) is 1.37. The first-order chi connectivity index (χ1) is 7.33. The first-order valence-electron chi connectivity index (χ1n) is 4.37. The third-order valence-corrected chi connectivity index (χ3v) is 3.32. The molecule has 15 heavy (non-hydrogen) atoms. The summed E-state index contributed by atoms with van der Waals surface area (Å²) in [7, 11) is 0. The number of benzene rings is 1. The highest BCUT2D eigenvalue weighted by molar-refractivity contribution is 8.04. The zero-order chi connectivity index (χ0) is 10.3. The topological polar surface area (TPSA) is 38.8 Å². The van der Waals surface area contributed by atoms with Crippen molar-refractivity contribution in [2.24, 2.45) is 9.98 Å². The summed E-state index contributed by atoms with van der Waals surface area (Å²) in [6, 6.07) is 7.99. The van der Waals surface area contributed by atoms with Crippen LogP contribution in [0.5, 0.6) is 0 Å². The standard InChI is InChI=1S/C10H6N3S2/c14-10-11-5-8-9(13-10)12-6-3-1-2-4-7(6)15-8/h1-5H,(H,11,14). The van der Waals surface area contributed by atoms with Crippen LogP contribution in [0.1, 0.15) is 0 Å². The van der Waals surface area contributed by atoms with Crippen molar-refractivity contribution in [2.75, 3.05) is 0 Å². The van der Waals surface area contributed by atoms with Gasteiger partial charge < -0.3 is 0 Å². The van der Waals surface area contributed by atoms with Crippen molar-refractivity contribution in [3.63, 3.8) is 0 Å². The third kappa shape index (κ3) is 1.57. The number of para-hydroxylation sites is 1. The van der Waals surface area contributed by atoms with Crippen molar-refractivity contribution in [1.29, 1.82) is 0 Å². The quantitative estimate of drug-likeness (QED) is 0.686. The van der Waals surface area contributed by atoms with Gasteiger partial charge in [-0.2, -0.15) is 0 Å². The minimum Gasteiger partial charge on any atom is -0.230 e. The Labute approximate surface area is 96.8 Å². The van der Waals surface area contributed by atoms with E-state index in [-0.39, 0.29) is 0 Å². The van der Waals surface area contributed by atoms with E-state index in [1.54, 1.807) is 18.0 Å². The summed E-state index contributed by atoms with van der Waals surface area (Å²) >= 11 is 5.74. The molecule has 0 N–H and O–H groups in total. The molecule has 0 spiro atoms. The van der Waals surface area contributed by atoms with E-state index in [1.807, 2.05) is 24.3 Å². The molecule has 0 bridgehead atoms. The largest absolute Gasteiger partial charge is 0.230 e. The molecule has 0 saturated heterocycles. The highest BCUT2D eigenvalue weighted by Crippen LogP contribution is 2.40. The highest BCUT2D eigenvalue weighted by Gasteiger charge is 2.21. The van der Waals surface area contributed by atoms with Crippen LogP contribution in [0.25, 0.3) is 0 Å². The maximum absolute atomic E-state index is 4.45. The molecule has 0 aromatic heterocycles. The maximum Gasteiger partial charge on any atom is 0.186 e. The summed E-state index contributed by atoms with van der Waals surface area (Å²) in [5.74, 6) is 0.707. The van der Waals surface area contributed by atoms with Crippen LogP contribution < -0.4 is 5.32 Å². The predicted octanol–water partition coefficient (Wildman–Crippen LogP) is 2.57. The van der Waals surface area contributed by atoms with Gasteiger partial charge in [-0.15, -0.1) is 12.6 Å². The molecule has 3 rings (SSSR count). The van der Waals surface area contributed by atoms with E-state index in [1.165, 1.54) is 0 Å². The fraction of sp³-hybridized carbons (Fsp3) is 0. The van der Waals surface area contributed by atoms with E-state index in [0.717, 1.165) is 15.5 Å². The molecule has 0 aliphatic carbocycles. The Kier molecular flexibility index (Phi) is 2.07. The average molecular weight is 232 g/mol. The van der Waals surface area contributed by atoms with Crippen molar-refractivity contribution in [3.8, 4) is 0 Å². The summed E-state index contributed by atoms with van der Waals surface area (Å²) in [5.41, 5.74) is 0.960. The monoisotopic (exact) mass is 232 g/mol. The van der Waals surface area contributed by atoms with Crippen LogP contribution in [0.2, 0.25) is 0 Å². The number of hydrogen-bond acceptors (Lipinski definition) is 3. The van der Waals surface area contributed by atoms with Gasteiger partial charge in [-0.3, -0.25) is 0 Å². The van der Waals surface area contributed by atoms with Crippen LogP contribution in [-0.2, 0) is 0 Å². The molecule has 3 nitrogen and oxygen atoms in total. The van der Waals surface area contributed by atoms with E-state index < -0.39 is 0 Å². The molecular weight excluding hydrogens is 226 g/mol.